The van der Waals surface area contributed by atoms with Crippen LogP contribution in [0, 0.1) is 0 Å². The minimum absolute atomic E-state index is 0.0428. The summed E-state index contributed by atoms with van der Waals surface area (Å²) in [6.07, 6.45) is 0. The molecule has 0 aliphatic carbocycles. The van der Waals surface area contributed by atoms with Gasteiger partial charge >= 0.3 is 0 Å². The summed E-state index contributed by atoms with van der Waals surface area (Å²) in [5.74, 6) is 0.0428. The van der Waals surface area contributed by atoms with Crippen molar-refractivity contribution in [2.24, 2.45) is 0 Å². The van der Waals surface area contributed by atoms with Crippen molar-refractivity contribution in [2.45, 2.75) is 0 Å². The first kappa shape index (κ1) is 9.87. The van der Waals surface area contributed by atoms with E-state index < -0.39 is 0 Å². The Morgan fingerprint density at radius 3 is 2.13 bits per heavy atom. The summed E-state index contributed by atoms with van der Waals surface area (Å²) in [6.45, 7) is 0. The monoisotopic (exact) mass is 209 g/mol. The van der Waals surface area contributed by atoms with Gasteiger partial charge in [-0.1, -0.05) is 59.8 Å². The van der Waals surface area contributed by atoms with Crippen LogP contribution in [0.15, 0.2) is 54.6 Å². The molecule has 71 valence electrons. The third-order valence-electron chi connectivity index (χ3n) is 2.21. The average Bonchev–Trinajstić information content (AvgIpc) is 2.30. The van der Waals surface area contributed by atoms with Crippen molar-refractivity contribution >= 4 is 21.2 Å². The second-order valence-electron chi connectivity index (χ2n) is 3.24. The third-order valence-corrected chi connectivity index (χ3v) is 2.64. The molecule has 0 saturated carbocycles. The van der Waals surface area contributed by atoms with Gasteiger partial charge in [-0.25, -0.2) is 0 Å². The van der Waals surface area contributed by atoms with Crippen molar-refractivity contribution in [3.63, 3.8) is 0 Å². The molecule has 0 aliphatic heterocycles. The van der Waals surface area contributed by atoms with Gasteiger partial charge in [-0.3, -0.25) is 4.79 Å². The number of carbonyl (C=O) groups excluding carboxylic acids is 1. The molecule has 3 radical (unpaired) electrons. The fraction of sp³-hybridized carbons (Fsp3) is 0. The second-order valence-corrected chi connectivity index (χ2v) is 3.78. The molecule has 0 fully saturated rings. The number of carbonyl (C=O) groups is 1. The van der Waals surface area contributed by atoms with Gasteiger partial charge in [-0.15, -0.1) is 0 Å². The lowest BCUT2D eigenvalue weighted by Crippen LogP contribution is -2.15. The molecular formula is C13H9OSi. The molecule has 0 aliphatic rings. The molecule has 2 aromatic rings. The normalized spacial score (nSPS) is 9.93. The summed E-state index contributed by atoms with van der Waals surface area (Å²) in [5, 5.41) is 0.825. The molecule has 2 aromatic carbocycles. The van der Waals surface area contributed by atoms with Gasteiger partial charge in [0, 0.05) is 11.1 Å². The maximum absolute atomic E-state index is 12.0. The van der Waals surface area contributed by atoms with Gasteiger partial charge < -0.3 is 0 Å². The lowest BCUT2D eigenvalue weighted by molar-refractivity contribution is 0.104. The fourth-order valence-corrected chi connectivity index (χ4v) is 1.72. The van der Waals surface area contributed by atoms with E-state index in [4.69, 9.17) is 0 Å². The zero-order valence-corrected chi connectivity index (χ0v) is 9.10. The van der Waals surface area contributed by atoms with E-state index in [1.807, 2.05) is 54.6 Å². The summed E-state index contributed by atoms with van der Waals surface area (Å²) >= 11 is 0. The summed E-state index contributed by atoms with van der Waals surface area (Å²) in [6, 6.07) is 16.7. The molecule has 0 N–H and O–H groups in total. The van der Waals surface area contributed by atoms with Crippen LogP contribution in [-0.2, 0) is 0 Å². The number of ketones is 1. The molecule has 1 nitrogen and oxygen atoms in total. The Labute approximate surface area is 92.2 Å². The van der Waals surface area contributed by atoms with Crippen LogP contribution < -0.4 is 5.19 Å². The highest BCUT2D eigenvalue weighted by molar-refractivity contribution is 6.37. The van der Waals surface area contributed by atoms with Crippen molar-refractivity contribution in [1.82, 2.24) is 0 Å². The number of hydrogen-bond donors (Lipinski definition) is 0. The van der Waals surface area contributed by atoms with Gasteiger partial charge in [0.25, 0.3) is 0 Å². The van der Waals surface area contributed by atoms with E-state index in [1.54, 1.807) is 0 Å². The summed E-state index contributed by atoms with van der Waals surface area (Å²) < 4.78 is 0. The quantitative estimate of drug-likeness (QED) is 0.543. The van der Waals surface area contributed by atoms with E-state index >= 15 is 0 Å². The van der Waals surface area contributed by atoms with E-state index in [0.717, 1.165) is 5.19 Å². The standard InChI is InChI=1S/C13H9OSi/c14-13(10-6-2-1-3-7-10)11-8-4-5-9-12(11)15/h1-9H. The smallest absolute Gasteiger partial charge is 0.192 e. The Morgan fingerprint density at radius 1 is 0.867 bits per heavy atom. The van der Waals surface area contributed by atoms with Gasteiger partial charge in [-0.2, -0.15) is 0 Å². The molecule has 0 heterocycles. The molecule has 0 aromatic heterocycles. The van der Waals surface area contributed by atoms with Crippen LogP contribution in [0.4, 0.5) is 0 Å². The largest absolute Gasteiger partial charge is 0.289 e. The van der Waals surface area contributed by atoms with Gasteiger partial charge in [0.15, 0.2) is 5.78 Å². The van der Waals surface area contributed by atoms with E-state index in [1.165, 1.54) is 0 Å². The molecule has 0 atom stereocenters. The van der Waals surface area contributed by atoms with Crippen LogP contribution in [-0.4, -0.2) is 16.0 Å². The molecule has 0 saturated heterocycles. The van der Waals surface area contributed by atoms with Gasteiger partial charge in [-0.05, 0) is 0 Å². The van der Waals surface area contributed by atoms with E-state index in [9.17, 15) is 4.79 Å². The van der Waals surface area contributed by atoms with Crippen LogP contribution in [0.1, 0.15) is 15.9 Å². The van der Waals surface area contributed by atoms with Crippen LogP contribution in [0.2, 0.25) is 0 Å². The van der Waals surface area contributed by atoms with E-state index in [2.05, 4.69) is 10.2 Å². The Morgan fingerprint density at radius 2 is 1.47 bits per heavy atom. The SMILES string of the molecule is O=C(c1ccccc1)c1ccccc1[Si]. The molecule has 15 heavy (non-hydrogen) atoms. The first-order chi connectivity index (χ1) is 7.29. The number of rotatable bonds is 2. The molecule has 2 rings (SSSR count). The highest BCUT2D eigenvalue weighted by Gasteiger charge is 2.09. The lowest BCUT2D eigenvalue weighted by Gasteiger charge is -2.03. The fourth-order valence-electron chi connectivity index (χ4n) is 1.43. The van der Waals surface area contributed by atoms with Crippen molar-refractivity contribution in [3.05, 3.63) is 65.7 Å². The topological polar surface area (TPSA) is 17.1 Å². The molecule has 0 bridgehead atoms. The third kappa shape index (κ3) is 2.05. The zero-order chi connectivity index (χ0) is 10.7. The minimum atomic E-state index is 0.0428. The second kappa shape index (κ2) is 4.23. The molecule has 0 unspecified atom stereocenters. The Kier molecular flexibility index (Phi) is 2.78. The molecule has 2 heteroatoms. The number of hydrogen-bond acceptors (Lipinski definition) is 1. The Bertz CT molecular complexity index is 477. The molecule has 0 amide bonds. The summed E-state index contributed by atoms with van der Waals surface area (Å²) in [5.41, 5.74) is 1.41. The maximum Gasteiger partial charge on any atom is 0.192 e. The maximum atomic E-state index is 12.0. The highest BCUT2D eigenvalue weighted by atomic mass is 28.1. The molecule has 0 spiro atoms. The van der Waals surface area contributed by atoms with Gasteiger partial charge in [0.1, 0.15) is 0 Å². The predicted octanol–water partition coefficient (Wildman–Crippen LogP) is 1.71. The summed E-state index contributed by atoms with van der Waals surface area (Å²) in [4.78, 5) is 12.0. The Hall–Kier alpha value is -1.67. The van der Waals surface area contributed by atoms with E-state index in [0.29, 0.717) is 11.1 Å². The van der Waals surface area contributed by atoms with Crippen molar-refractivity contribution in [1.29, 1.82) is 0 Å². The molecular weight excluding hydrogens is 200 g/mol. The number of benzene rings is 2. The van der Waals surface area contributed by atoms with E-state index in [-0.39, 0.29) is 5.78 Å². The lowest BCUT2D eigenvalue weighted by atomic mass is 10.0. The Balaban J connectivity index is 2.42. The van der Waals surface area contributed by atoms with Gasteiger partial charge in [0.05, 0.1) is 10.2 Å². The van der Waals surface area contributed by atoms with Crippen molar-refractivity contribution in [3.8, 4) is 0 Å². The predicted molar refractivity (Wildman–Crippen MR) is 61.7 cm³/mol. The van der Waals surface area contributed by atoms with Crippen LogP contribution in [0.5, 0.6) is 0 Å². The van der Waals surface area contributed by atoms with Crippen LogP contribution >= 0.6 is 0 Å². The summed E-state index contributed by atoms with van der Waals surface area (Å²) in [7, 11) is 3.43. The van der Waals surface area contributed by atoms with Crippen LogP contribution in [0.25, 0.3) is 0 Å². The zero-order valence-electron chi connectivity index (χ0n) is 8.10. The highest BCUT2D eigenvalue weighted by Crippen LogP contribution is 2.06. The van der Waals surface area contributed by atoms with Crippen molar-refractivity contribution in [2.75, 3.05) is 0 Å². The van der Waals surface area contributed by atoms with Crippen molar-refractivity contribution < 1.29 is 4.79 Å². The van der Waals surface area contributed by atoms with Crippen LogP contribution in [0.3, 0.4) is 0 Å². The average molecular weight is 209 g/mol. The first-order valence-corrected chi connectivity index (χ1v) is 5.19. The first-order valence-electron chi connectivity index (χ1n) is 4.69. The van der Waals surface area contributed by atoms with Gasteiger partial charge in [0.2, 0.25) is 0 Å². The minimum Gasteiger partial charge on any atom is -0.289 e.